The molecular formula is C7H5ClN2O4. The van der Waals surface area contributed by atoms with E-state index >= 15 is 0 Å². The summed E-state index contributed by atoms with van der Waals surface area (Å²) >= 11 is 5.57. The molecule has 1 aromatic rings. The molecule has 0 aromatic heterocycles. The van der Waals surface area contributed by atoms with Gasteiger partial charge in [0.25, 0.3) is 11.6 Å². The highest BCUT2D eigenvalue weighted by molar-refractivity contribution is 6.34. The van der Waals surface area contributed by atoms with Gasteiger partial charge in [-0.1, -0.05) is 11.6 Å². The quantitative estimate of drug-likeness (QED) is 0.444. The highest BCUT2D eigenvalue weighted by atomic mass is 35.5. The summed E-state index contributed by atoms with van der Waals surface area (Å²) in [6, 6.07) is 3.31. The normalized spacial score (nSPS) is 9.57. The van der Waals surface area contributed by atoms with Crippen molar-refractivity contribution in [3.05, 3.63) is 38.9 Å². The maximum atomic E-state index is 10.9. The number of carbonyl (C=O) groups excluding carboxylic acids is 1. The number of rotatable bonds is 2. The second kappa shape index (κ2) is 4.03. The Hall–Kier alpha value is -1.66. The molecule has 0 saturated carbocycles. The summed E-state index contributed by atoms with van der Waals surface area (Å²) in [4.78, 5) is 20.6. The molecule has 7 heteroatoms. The maximum Gasteiger partial charge on any atom is 0.276 e. The van der Waals surface area contributed by atoms with Gasteiger partial charge in [-0.2, -0.15) is 0 Å². The van der Waals surface area contributed by atoms with E-state index in [-0.39, 0.29) is 16.3 Å². The van der Waals surface area contributed by atoms with Gasteiger partial charge in [0.15, 0.2) is 0 Å². The van der Waals surface area contributed by atoms with E-state index in [1.165, 1.54) is 5.48 Å². The zero-order chi connectivity index (χ0) is 10.7. The molecule has 0 fully saturated rings. The van der Waals surface area contributed by atoms with Crippen LogP contribution in [0.15, 0.2) is 18.2 Å². The SMILES string of the molecule is O=C(NO)c1ccc([N+](=O)[O-])cc1Cl. The fourth-order valence-corrected chi connectivity index (χ4v) is 1.12. The Morgan fingerprint density at radius 2 is 2.21 bits per heavy atom. The number of carbonyl (C=O) groups is 1. The van der Waals surface area contributed by atoms with Crippen LogP contribution >= 0.6 is 11.6 Å². The number of amides is 1. The molecule has 0 unspecified atom stereocenters. The minimum absolute atomic E-state index is 0.0280. The van der Waals surface area contributed by atoms with Gasteiger partial charge in [0.1, 0.15) is 0 Å². The van der Waals surface area contributed by atoms with Gasteiger partial charge in [0.05, 0.1) is 15.5 Å². The molecule has 0 spiro atoms. The first-order chi connectivity index (χ1) is 6.56. The van der Waals surface area contributed by atoms with Gasteiger partial charge >= 0.3 is 0 Å². The van der Waals surface area contributed by atoms with E-state index < -0.39 is 10.8 Å². The van der Waals surface area contributed by atoms with E-state index in [1.807, 2.05) is 0 Å². The van der Waals surface area contributed by atoms with Crippen LogP contribution in [0.3, 0.4) is 0 Å². The topological polar surface area (TPSA) is 92.5 Å². The highest BCUT2D eigenvalue weighted by Gasteiger charge is 2.13. The second-order valence-electron chi connectivity index (χ2n) is 2.36. The van der Waals surface area contributed by atoms with Gasteiger partial charge in [-0.05, 0) is 6.07 Å². The second-order valence-corrected chi connectivity index (χ2v) is 2.77. The van der Waals surface area contributed by atoms with Crippen LogP contribution in [-0.4, -0.2) is 16.0 Å². The van der Waals surface area contributed by atoms with Crippen LogP contribution in [0.2, 0.25) is 5.02 Å². The Kier molecular flexibility index (Phi) is 3.00. The lowest BCUT2D eigenvalue weighted by atomic mass is 10.2. The predicted molar refractivity (Wildman–Crippen MR) is 47.4 cm³/mol. The number of non-ortho nitro benzene ring substituents is 1. The van der Waals surface area contributed by atoms with Crippen LogP contribution in [0.25, 0.3) is 0 Å². The molecule has 1 aromatic carbocycles. The molecule has 74 valence electrons. The summed E-state index contributed by atoms with van der Waals surface area (Å²) in [5.74, 6) is -0.815. The number of nitro groups is 1. The maximum absolute atomic E-state index is 10.9. The third-order valence-electron chi connectivity index (χ3n) is 1.51. The monoisotopic (exact) mass is 216 g/mol. The van der Waals surface area contributed by atoms with Crippen LogP contribution in [-0.2, 0) is 0 Å². The molecule has 0 heterocycles. The summed E-state index contributed by atoms with van der Waals surface area (Å²) in [7, 11) is 0. The Morgan fingerprint density at radius 3 is 2.64 bits per heavy atom. The van der Waals surface area contributed by atoms with Crippen molar-refractivity contribution >= 4 is 23.2 Å². The number of halogens is 1. The lowest BCUT2D eigenvalue weighted by molar-refractivity contribution is -0.384. The molecule has 0 aliphatic rings. The van der Waals surface area contributed by atoms with Crippen LogP contribution in [0.1, 0.15) is 10.4 Å². The van der Waals surface area contributed by atoms with Crippen molar-refractivity contribution in [1.29, 1.82) is 0 Å². The average molecular weight is 217 g/mol. The average Bonchev–Trinajstić information content (AvgIpc) is 2.16. The fourth-order valence-electron chi connectivity index (χ4n) is 0.862. The van der Waals surface area contributed by atoms with E-state index in [0.29, 0.717) is 0 Å². The third-order valence-corrected chi connectivity index (χ3v) is 1.82. The Labute approximate surface area is 83.2 Å². The van der Waals surface area contributed by atoms with Gasteiger partial charge in [-0.3, -0.25) is 20.1 Å². The number of nitrogens with zero attached hydrogens (tertiary/aromatic N) is 1. The van der Waals surface area contributed by atoms with Crippen molar-refractivity contribution in [2.75, 3.05) is 0 Å². The largest absolute Gasteiger partial charge is 0.288 e. The number of nitrogens with one attached hydrogen (secondary N) is 1. The first-order valence-electron chi connectivity index (χ1n) is 3.44. The van der Waals surface area contributed by atoms with Crippen molar-refractivity contribution < 1.29 is 14.9 Å². The summed E-state index contributed by atoms with van der Waals surface area (Å²) in [5.41, 5.74) is 1.13. The molecule has 0 saturated heterocycles. The molecule has 2 N–H and O–H groups in total. The van der Waals surface area contributed by atoms with Crippen molar-refractivity contribution in [3.8, 4) is 0 Å². The third kappa shape index (κ3) is 1.98. The zero-order valence-electron chi connectivity index (χ0n) is 6.73. The van der Waals surface area contributed by atoms with Crippen LogP contribution in [0, 0.1) is 10.1 Å². The summed E-state index contributed by atoms with van der Waals surface area (Å²) in [6.45, 7) is 0. The van der Waals surface area contributed by atoms with Crippen molar-refractivity contribution in [2.45, 2.75) is 0 Å². The van der Waals surface area contributed by atoms with Gasteiger partial charge < -0.3 is 0 Å². The number of hydrogen-bond acceptors (Lipinski definition) is 4. The number of nitro benzene ring substituents is 1. The summed E-state index contributed by atoms with van der Waals surface area (Å²) < 4.78 is 0. The van der Waals surface area contributed by atoms with E-state index in [4.69, 9.17) is 16.8 Å². The smallest absolute Gasteiger partial charge is 0.276 e. The van der Waals surface area contributed by atoms with Crippen molar-refractivity contribution in [1.82, 2.24) is 5.48 Å². The minimum Gasteiger partial charge on any atom is -0.288 e. The molecule has 0 aliphatic carbocycles. The van der Waals surface area contributed by atoms with Gasteiger partial charge in [0, 0.05) is 12.1 Å². The molecule has 1 amide bonds. The molecule has 14 heavy (non-hydrogen) atoms. The Bertz CT molecular complexity index is 393. The lowest BCUT2D eigenvalue weighted by Crippen LogP contribution is -2.18. The number of hydrogen-bond donors (Lipinski definition) is 2. The molecule has 0 radical (unpaired) electrons. The standard InChI is InChI=1S/C7H5ClN2O4/c8-6-3-4(10(13)14)1-2-5(6)7(11)9-12/h1-3,12H,(H,9,11). The zero-order valence-corrected chi connectivity index (χ0v) is 7.49. The Morgan fingerprint density at radius 1 is 1.57 bits per heavy atom. The molecule has 0 aliphatic heterocycles. The first kappa shape index (κ1) is 10.4. The molecule has 0 atom stereocenters. The summed E-state index contributed by atoms with van der Waals surface area (Å²) in [6.07, 6.45) is 0. The minimum atomic E-state index is -0.815. The van der Waals surface area contributed by atoms with Crippen molar-refractivity contribution in [2.24, 2.45) is 0 Å². The molecule has 1 rings (SSSR count). The van der Waals surface area contributed by atoms with Crippen LogP contribution < -0.4 is 5.48 Å². The highest BCUT2D eigenvalue weighted by Crippen LogP contribution is 2.22. The van der Waals surface area contributed by atoms with Gasteiger partial charge in [0.2, 0.25) is 0 Å². The Balaban J connectivity index is 3.14. The van der Waals surface area contributed by atoms with Crippen molar-refractivity contribution in [3.63, 3.8) is 0 Å². The fraction of sp³-hybridized carbons (Fsp3) is 0. The van der Waals surface area contributed by atoms with Crippen LogP contribution in [0.4, 0.5) is 5.69 Å². The molecular weight excluding hydrogens is 212 g/mol. The number of hydroxylamine groups is 1. The van der Waals surface area contributed by atoms with Gasteiger partial charge in [-0.25, -0.2) is 5.48 Å². The van der Waals surface area contributed by atoms with E-state index in [1.54, 1.807) is 0 Å². The van der Waals surface area contributed by atoms with E-state index in [2.05, 4.69) is 0 Å². The van der Waals surface area contributed by atoms with E-state index in [9.17, 15) is 14.9 Å². The first-order valence-corrected chi connectivity index (χ1v) is 3.82. The van der Waals surface area contributed by atoms with Gasteiger partial charge in [-0.15, -0.1) is 0 Å². The van der Waals surface area contributed by atoms with Crippen LogP contribution in [0.5, 0.6) is 0 Å². The molecule has 0 bridgehead atoms. The summed E-state index contributed by atoms with van der Waals surface area (Å²) in [5, 5.41) is 18.5. The van der Waals surface area contributed by atoms with E-state index in [0.717, 1.165) is 18.2 Å². The molecule has 6 nitrogen and oxygen atoms in total. The number of benzene rings is 1. The lowest BCUT2D eigenvalue weighted by Gasteiger charge is -2.00. The predicted octanol–water partition coefficient (Wildman–Crippen LogP) is 1.37.